The predicted octanol–water partition coefficient (Wildman–Crippen LogP) is 5.99. The summed E-state index contributed by atoms with van der Waals surface area (Å²) in [5.41, 5.74) is -2.62. The molecule has 0 aromatic heterocycles. The van der Waals surface area contributed by atoms with E-state index >= 15 is 28.8 Å². The molecular weight excluding hydrogens is 1370 g/mol. The van der Waals surface area contributed by atoms with Gasteiger partial charge in [0.15, 0.2) is 0 Å². The van der Waals surface area contributed by atoms with Crippen molar-refractivity contribution in [3.63, 3.8) is 0 Å². The topological polar surface area (TPSA) is 279 Å². The summed E-state index contributed by atoms with van der Waals surface area (Å²) in [6, 6.07) is -10.3. The van der Waals surface area contributed by atoms with Crippen molar-refractivity contribution in [1.82, 2.24) is 60.0 Å². The molecule has 4 saturated carbocycles. The number of nitrogens with one attached hydrogen (secondary N) is 3. The van der Waals surface area contributed by atoms with E-state index in [-0.39, 0.29) is 95.7 Å². The Bertz CT molecular complexity index is 3150. The summed E-state index contributed by atoms with van der Waals surface area (Å²) in [6.45, 7) is 11.9. The van der Waals surface area contributed by atoms with Gasteiger partial charge in [-0.25, -0.2) is 0 Å². The summed E-state index contributed by atoms with van der Waals surface area (Å²) in [4.78, 5) is 193. The van der Waals surface area contributed by atoms with Crippen LogP contribution in [0.15, 0.2) is 12.2 Å². The number of halogens is 4. The summed E-state index contributed by atoms with van der Waals surface area (Å²) in [6.07, 6.45) is 5.32. The highest BCUT2D eigenvalue weighted by molar-refractivity contribution is 6.21. The molecule has 7 rings (SSSR count). The molecule has 6 fully saturated rings. The second-order valence-corrected chi connectivity index (χ2v) is 33.4. The van der Waals surface area contributed by atoms with Crippen LogP contribution in [0.1, 0.15) is 183 Å². The minimum atomic E-state index is -4.52. The molecular formula is C75H120ClF3N12O13. The number of amides is 12. The first kappa shape index (κ1) is 84.7. The molecule has 2 bridgehead atoms. The lowest BCUT2D eigenvalue weighted by atomic mass is 9.58. The number of nitrogens with zero attached hydrogens (tertiary/aromatic N) is 9. The van der Waals surface area contributed by atoms with E-state index < -0.39 is 184 Å². The number of likely N-dealkylation sites (N-methyl/N-ethyl adjacent to an activating group) is 7. The highest BCUT2D eigenvalue weighted by Gasteiger charge is 2.61. The fourth-order valence-corrected chi connectivity index (χ4v) is 17.8. The van der Waals surface area contributed by atoms with Crippen molar-refractivity contribution in [3.05, 3.63) is 12.2 Å². The molecule has 12 atom stereocenters. The van der Waals surface area contributed by atoms with Gasteiger partial charge < -0.3 is 64.8 Å². The molecule has 3 heterocycles. The van der Waals surface area contributed by atoms with E-state index in [9.17, 15) is 41.9 Å². The fraction of sp³-hybridized carbons (Fsp3) is 0.813. The van der Waals surface area contributed by atoms with Crippen molar-refractivity contribution in [1.29, 1.82) is 0 Å². The van der Waals surface area contributed by atoms with Gasteiger partial charge in [0.1, 0.15) is 53.9 Å². The van der Waals surface area contributed by atoms with Crippen molar-refractivity contribution >= 4 is 82.5 Å². The molecule has 2 saturated heterocycles. The summed E-state index contributed by atoms with van der Waals surface area (Å²) in [5.74, 6) is -10.7. The van der Waals surface area contributed by atoms with E-state index in [1.165, 1.54) is 92.9 Å². The van der Waals surface area contributed by atoms with Gasteiger partial charge in [-0.05, 0) is 124 Å². The van der Waals surface area contributed by atoms with Crippen LogP contribution in [-0.2, 0) is 62.3 Å². The maximum Gasteiger partial charge on any atom is 0.393 e. The number of carbonyl (C=O) groups is 12. The first-order chi connectivity index (χ1) is 48.7. The molecule has 7 aliphatic rings. The Kier molecular flexibility index (Phi) is 28.8. The molecule has 29 heteroatoms. The number of hydrogen-bond donors (Lipinski definition) is 3. The first-order valence-corrected chi connectivity index (χ1v) is 38.3. The molecule has 0 aromatic carbocycles. The summed E-state index contributed by atoms with van der Waals surface area (Å²) in [5, 5.41) is 7.61. The average molecular weight is 1490 g/mol. The van der Waals surface area contributed by atoms with Gasteiger partial charge in [0.2, 0.25) is 70.9 Å². The van der Waals surface area contributed by atoms with Crippen LogP contribution in [0.2, 0.25) is 0 Å². The predicted molar refractivity (Wildman–Crippen MR) is 385 cm³/mol. The molecule has 3 N–H and O–H groups in total. The maximum atomic E-state index is 15.8. The van der Waals surface area contributed by atoms with E-state index in [0.29, 0.717) is 44.4 Å². The molecule has 3 aliphatic heterocycles. The second kappa shape index (κ2) is 35.4. The molecule has 3 unspecified atom stereocenters. The number of hydrogen-bond acceptors (Lipinski definition) is 13. The monoisotopic (exact) mass is 1490 g/mol. The number of ether oxygens (including phenoxy) is 1. The zero-order valence-electron chi connectivity index (χ0n) is 64.5. The lowest BCUT2D eigenvalue weighted by Gasteiger charge is -2.54. The van der Waals surface area contributed by atoms with Gasteiger partial charge >= 0.3 is 6.18 Å². The second-order valence-electron chi connectivity index (χ2n) is 32.8. The summed E-state index contributed by atoms with van der Waals surface area (Å²) in [7, 11) is 12.7. The average Bonchev–Trinajstić information content (AvgIpc) is 1.26. The third kappa shape index (κ3) is 20.0. The van der Waals surface area contributed by atoms with E-state index in [1.54, 1.807) is 13.0 Å². The Labute approximate surface area is 618 Å². The molecule has 0 radical (unpaired) electrons. The van der Waals surface area contributed by atoms with Crippen molar-refractivity contribution in [2.75, 3.05) is 96.3 Å². The minimum Gasteiger partial charge on any atom is -0.382 e. The zero-order chi connectivity index (χ0) is 77.4. The number of rotatable bonds is 13. The highest BCUT2D eigenvalue weighted by Crippen LogP contribution is 2.56. The van der Waals surface area contributed by atoms with Crippen LogP contribution in [-0.4, -0.2) is 277 Å². The number of alkyl halides is 4. The van der Waals surface area contributed by atoms with Crippen LogP contribution in [0, 0.1) is 46.3 Å². The van der Waals surface area contributed by atoms with E-state index in [1.807, 2.05) is 40.7 Å². The molecule has 4 aliphatic carbocycles. The summed E-state index contributed by atoms with van der Waals surface area (Å²) >= 11 is 6.47. The van der Waals surface area contributed by atoms with Gasteiger partial charge in [-0.1, -0.05) is 106 Å². The van der Waals surface area contributed by atoms with Crippen molar-refractivity contribution < 1.29 is 75.4 Å². The van der Waals surface area contributed by atoms with Gasteiger partial charge in [-0.15, -0.1) is 11.6 Å². The first-order valence-electron chi connectivity index (χ1n) is 37.8. The lowest BCUT2D eigenvalue weighted by Crippen LogP contribution is -2.71. The standard InChI is InChI=1S/C75H120ClF3N12O13/c1-17-46(5)61-69(101)85(11)40-60(94)86(12)53-23-21-20-22-34-90(68(53)100)55(36-48-26-24-45(4)25-27-48)67(99)84(10)39-58(92)80-52(31-29-47-28-30-50(51(76)35-47)75(77,78)79)65(97)91-44-73(32-33-73)38-56(91)64(96)82-74(42-72(6,7)43-74)71(103)89(15)62(49(18-2)19-3)70(102)88(14)54(66(98)83(8)9)37-59(93)87(13)57(41-104-16)63(95)81-61/h20-21,45-57,61-62H,17-19,22-44H2,1-16H3,(H,80,92)(H,81,95)(H,82,96)/b21-20-/t45?,46-,47?,48?,50?,51?,52-,53-,54-,55-,56-,57-,61-,62-/m0/s1. The smallest absolute Gasteiger partial charge is 0.382 e. The molecule has 0 aromatic rings. The minimum absolute atomic E-state index is 0.00126. The van der Waals surface area contributed by atoms with Gasteiger partial charge in [0, 0.05) is 82.0 Å². The maximum absolute atomic E-state index is 15.8. The van der Waals surface area contributed by atoms with Gasteiger partial charge in [-0.2, -0.15) is 13.2 Å². The van der Waals surface area contributed by atoms with Crippen LogP contribution >= 0.6 is 11.6 Å². The molecule has 104 heavy (non-hydrogen) atoms. The zero-order valence-corrected chi connectivity index (χ0v) is 65.3. The Morgan fingerprint density at radius 2 is 1.33 bits per heavy atom. The van der Waals surface area contributed by atoms with Gasteiger partial charge in [-0.3, -0.25) is 57.5 Å². The van der Waals surface area contributed by atoms with E-state index in [2.05, 4.69) is 22.9 Å². The SMILES string of the molecule is CCC(CC)[C@H]1C(=O)N(C)[C@H](C(=O)N(C)C)CC(=O)N(C)[C@@H](COC)C(=O)N[C@@H]([C@@H](C)CC)C(=O)N(C)CC(=O)N(C)[C@H]2C/C=C\CCN(C2=O)[C@@H](CC2CCC(C)CC2)C(=O)N(C)CC(=O)N[C@@H](CCC2CCC(C(F)(F)F)C(Cl)C2)C(=O)N2CC3(CC3)C[C@H]2C(=O)NC2(CC(C)(C)C2)C(=O)N1C. The number of methoxy groups -OCH3 is 1. The normalized spacial score (nSPS) is 31.6. The highest BCUT2D eigenvalue weighted by atomic mass is 35.5. The third-order valence-electron chi connectivity index (χ3n) is 24.2. The Morgan fingerprint density at radius 3 is 1.89 bits per heavy atom. The van der Waals surface area contributed by atoms with Crippen LogP contribution in [0.3, 0.4) is 0 Å². The molecule has 25 nitrogen and oxygen atoms in total. The largest absolute Gasteiger partial charge is 0.393 e. The number of carbonyl (C=O) groups excluding carboxylic acids is 12. The molecule has 12 amide bonds. The van der Waals surface area contributed by atoms with Crippen LogP contribution < -0.4 is 16.0 Å². The van der Waals surface area contributed by atoms with E-state index in [0.717, 1.165) is 40.4 Å². The van der Waals surface area contributed by atoms with Gasteiger partial charge in [0.05, 0.1) is 32.0 Å². The van der Waals surface area contributed by atoms with Crippen LogP contribution in [0.25, 0.3) is 0 Å². The van der Waals surface area contributed by atoms with Crippen molar-refractivity contribution in [2.45, 2.75) is 249 Å². The van der Waals surface area contributed by atoms with E-state index in [4.69, 9.17) is 16.3 Å². The van der Waals surface area contributed by atoms with Crippen molar-refractivity contribution in [2.24, 2.45) is 46.3 Å². The van der Waals surface area contributed by atoms with Crippen LogP contribution in [0.5, 0.6) is 0 Å². The Morgan fingerprint density at radius 1 is 0.702 bits per heavy atom. The third-order valence-corrected chi connectivity index (χ3v) is 24.7. The Balaban J connectivity index is 1.32. The lowest BCUT2D eigenvalue weighted by molar-refractivity contribution is -0.182. The molecule has 2 spiro atoms. The fourth-order valence-electron chi connectivity index (χ4n) is 17.2. The Hall–Kier alpha value is -6.58. The number of fused-ring (bicyclic) bond motifs is 3. The summed E-state index contributed by atoms with van der Waals surface area (Å²) < 4.78 is 47.9. The quantitative estimate of drug-likeness (QED) is 0.141. The van der Waals surface area contributed by atoms with Crippen molar-refractivity contribution in [3.8, 4) is 0 Å². The van der Waals surface area contributed by atoms with Gasteiger partial charge in [0.25, 0.3) is 0 Å². The van der Waals surface area contributed by atoms with Crippen LogP contribution in [0.4, 0.5) is 13.2 Å². The molecule has 586 valence electrons.